The fourth-order valence-corrected chi connectivity index (χ4v) is 3.10. The first-order valence-electron chi connectivity index (χ1n) is 6.53. The van der Waals surface area contributed by atoms with E-state index in [1.807, 2.05) is 18.2 Å². The average Bonchev–Trinajstić information content (AvgIpc) is 2.43. The van der Waals surface area contributed by atoms with Gasteiger partial charge in [-0.3, -0.25) is 0 Å². The van der Waals surface area contributed by atoms with E-state index in [0.717, 1.165) is 29.4 Å². The molecule has 1 aliphatic rings. The maximum Gasteiger partial charge on any atom is 0.143 e. The van der Waals surface area contributed by atoms with Gasteiger partial charge >= 0.3 is 0 Å². The van der Waals surface area contributed by atoms with Crippen molar-refractivity contribution >= 4 is 33.2 Å². The van der Waals surface area contributed by atoms with E-state index in [4.69, 9.17) is 11.6 Å². The molecule has 2 N–H and O–H groups in total. The first-order valence-corrected chi connectivity index (χ1v) is 7.70. The minimum absolute atomic E-state index is 0.245. The molecule has 0 bridgehead atoms. The maximum atomic E-state index is 9.58. The number of aryl methyl sites for hydroxylation is 1. The number of aromatic hydroxyl groups is 1. The molecule has 1 atom stereocenters. The molecule has 0 spiro atoms. The third-order valence-corrected chi connectivity index (χ3v) is 4.71. The summed E-state index contributed by atoms with van der Waals surface area (Å²) in [4.78, 5) is 4.13. The van der Waals surface area contributed by atoms with Crippen LogP contribution in [0.15, 0.2) is 34.9 Å². The standard InChI is InChI=1S/C15H14BrClN2O/c16-13-7-10(8-18-15(13)17)19-14-3-1-2-9-6-11(20)4-5-12(9)14/h4-8,14,19-20H,1-3H2. The van der Waals surface area contributed by atoms with Crippen LogP contribution in [0.2, 0.25) is 5.15 Å². The van der Waals surface area contributed by atoms with Crippen LogP contribution in [-0.2, 0) is 6.42 Å². The van der Waals surface area contributed by atoms with Gasteiger partial charge in [-0.15, -0.1) is 0 Å². The van der Waals surface area contributed by atoms with E-state index in [9.17, 15) is 5.11 Å². The minimum Gasteiger partial charge on any atom is -0.508 e. The van der Waals surface area contributed by atoms with Gasteiger partial charge in [-0.05, 0) is 64.5 Å². The molecule has 5 heteroatoms. The number of hydrogen-bond acceptors (Lipinski definition) is 3. The van der Waals surface area contributed by atoms with Crippen LogP contribution in [-0.4, -0.2) is 10.1 Å². The third kappa shape index (κ3) is 2.76. The highest BCUT2D eigenvalue weighted by atomic mass is 79.9. The van der Waals surface area contributed by atoms with Crippen molar-refractivity contribution < 1.29 is 5.11 Å². The smallest absolute Gasteiger partial charge is 0.143 e. The van der Waals surface area contributed by atoms with Crippen molar-refractivity contribution in [3.63, 3.8) is 0 Å². The van der Waals surface area contributed by atoms with Crippen LogP contribution in [0.5, 0.6) is 5.75 Å². The van der Waals surface area contributed by atoms with Crippen molar-refractivity contribution in [3.8, 4) is 5.75 Å². The number of aromatic nitrogens is 1. The SMILES string of the molecule is Oc1ccc2c(c1)CCCC2Nc1cnc(Cl)c(Br)c1. The maximum absolute atomic E-state index is 9.58. The quantitative estimate of drug-likeness (QED) is 0.770. The predicted octanol–water partition coefficient (Wildman–Crippen LogP) is 4.69. The normalized spacial score (nSPS) is 17.6. The van der Waals surface area contributed by atoms with Gasteiger partial charge in [-0.1, -0.05) is 17.7 Å². The van der Waals surface area contributed by atoms with E-state index >= 15 is 0 Å². The lowest BCUT2D eigenvalue weighted by Gasteiger charge is -2.27. The fourth-order valence-electron chi connectivity index (χ4n) is 2.65. The molecule has 0 saturated carbocycles. The Balaban J connectivity index is 1.87. The Morgan fingerprint density at radius 3 is 3.00 bits per heavy atom. The summed E-state index contributed by atoms with van der Waals surface area (Å²) in [6.45, 7) is 0. The highest BCUT2D eigenvalue weighted by Crippen LogP contribution is 2.35. The van der Waals surface area contributed by atoms with E-state index in [0.29, 0.717) is 10.9 Å². The van der Waals surface area contributed by atoms with Crippen LogP contribution in [0.4, 0.5) is 5.69 Å². The second kappa shape index (κ2) is 5.62. The minimum atomic E-state index is 0.245. The Hall–Kier alpha value is -1.26. The molecular weight excluding hydrogens is 340 g/mol. The molecule has 3 nitrogen and oxygen atoms in total. The molecule has 104 valence electrons. The zero-order valence-corrected chi connectivity index (χ0v) is 13.1. The number of anilines is 1. The van der Waals surface area contributed by atoms with Crippen LogP contribution in [0.25, 0.3) is 0 Å². The number of halogens is 2. The van der Waals surface area contributed by atoms with Crippen molar-refractivity contribution in [2.24, 2.45) is 0 Å². The summed E-state index contributed by atoms with van der Waals surface area (Å²) in [5.74, 6) is 0.334. The number of benzene rings is 1. The number of nitrogens with one attached hydrogen (secondary N) is 1. The lowest BCUT2D eigenvalue weighted by Crippen LogP contribution is -2.17. The van der Waals surface area contributed by atoms with E-state index in [2.05, 4.69) is 26.2 Å². The van der Waals surface area contributed by atoms with E-state index < -0.39 is 0 Å². The molecule has 0 amide bonds. The van der Waals surface area contributed by atoms with Gasteiger partial charge in [0, 0.05) is 0 Å². The van der Waals surface area contributed by atoms with Crippen molar-refractivity contribution in [2.45, 2.75) is 25.3 Å². The van der Waals surface area contributed by atoms with Crippen molar-refractivity contribution in [3.05, 3.63) is 51.2 Å². The first kappa shape index (κ1) is 13.7. The summed E-state index contributed by atoms with van der Waals surface area (Å²) >= 11 is 9.29. The van der Waals surface area contributed by atoms with Gasteiger partial charge in [0.25, 0.3) is 0 Å². The Kier molecular flexibility index (Phi) is 3.85. The van der Waals surface area contributed by atoms with Gasteiger partial charge in [-0.25, -0.2) is 4.98 Å². The largest absolute Gasteiger partial charge is 0.508 e. The van der Waals surface area contributed by atoms with Gasteiger partial charge in [0.2, 0.25) is 0 Å². The van der Waals surface area contributed by atoms with Crippen LogP contribution >= 0.6 is 27.5 Å². The summed E-state index contributed by atoms with van der Waals surface area (Å²) in [5, 5.41) is 13.5. The number of pyridine rings is 1. The topological polar surface area (TPSA) is 45.1 Å². The number of rotatable bonds is 2. The van der Waals surface area contributed by atoms with Gasteiger partial charge in [-0.2, -0.15) is 0 Å². The zero-order chi connectivity index (χ0) is 14.1. The van der Waals surface area contributed by atoms with Gasteiger partial charge in [0.1, 0.15) is 10.9 Å². The second-order valence-electron chi connectivity index (χ2n) is 4.97. The fraction of sp³-hybridized carbons (Fsp3) is 0.267. The Morgan fingerprint density at radius 2 is 2.20 bits per heavy atom. The van der Waals surface area contributed by atoms with Gasteiger partial charge < -0.3 is 10.4 Å². The first-order chi connectivity index (χ1) is 9.63. The zero-order valence-electron chi connectivity index (χ0n) is 10.7. The van der Waals surface area contributed by atoms with Crippen LogP contribution < -0.4 is 5.32 Å². The predicted molar refractivity (Wildman–Crippen MR) is 84.4 cm³/mol. The monoisotopic (exact) mass is 352 g/mol. The highest BCUT2D eigenvalue weighted by Gasteiger charge is 2.20. The van der Waals surface area contributed by atoms with E-state index in [1.165, 1.54) is 11.1 Å². The number of phenols is 1. The molecule has 2 aromatic rings. The Morgan fingerprint density at radius 1 is 1.35 bits per heavy atom. The number of nitrogens with zero attached hydrogens (tertiary/aromatic N) is 1. The second-order valence-corrected chi connectivity index (χ2v) is 6.18. The van der Waals surface area contributed by atoms with E-state index in [-0.39, 0.29) is 6.04 Å². The Bertz CT molecular complexity index is 648. The molecule has 0 saturated heterocycles. The summed E-state index contributed by atoms with van der Waals surface area (Å²) in [6.07, 6.45) is 4.93. The Labute approximate surface area is 131 Å². The molecule has 0 radical (unpaired) electrons. The molecule has 0 fully saturated rings. The summed E-state index contributed by atoms with van der Waals surface area (Å²) < 4.78 is 0.783. The van der Waals surface area contributed by atoms with Gasteiger partial charge in [0.15, 0.2) is 0 Å². The number of fused-ring (bicyclic) bond motifs is 1. The summed E-state index contributed by atoms with van der Waals surface area (Å²) in [5.41, 5.74) is 3.40. The summed E-state index contributed by atoms with van der Waals surface area (Å²) in [6, 6.07) is 7.78. The van der Waals surface area contributed by atoms with Crippen molar-refractivity contribution in [2.75, 3.05) is 5.32 Å². The highest BCUT2D eigenvalue weighted by molar-refractivity contribution is 9.10. The van der Waals surface area contributed by atoms with Gasteiger partial charge in [0.05, 0.1) is 22.4 Å². The van der Waals surface area contributed by atoms with Crippen LogP contribution in [0, 0.1) is 0 Å². The molecule has 1 heterocycles. The lowest BCUT2D eigenvalue weighted by atomic mass is 9.87. The lowest BCUT2D eigenvalue weighted by molar-refractivity contribution is 0.472. The van der Waals surface area contributed by atoms with E-state index in [1.54, 1.807) is 12.3 Å². The molecule has 1 aromatic heterocycles. The molecule has 1 aliphatic carbocycles. The third-order valence-electron chi connectivity index (χ3n) is 3.58. The van der Waals surface area contributed by atoms with Crippen molar-refractivity contribution in [1.29, 1.82) is 0 Å². The molecule has 1 unspecified atom stereocenters. The summed E-state index contributed by atoms with van der Waals surface area (Å²) in [7, 11) is 0. The van der Waals surface area contributed by atoms with Crippen molar-refractivity contribution in [1.82, 2.24) is 4.98 Å². The molecular formula is C15H14BrClN2O. The number of hydrogen-bond donors (Lipinski definition) is 2. The molecule has 20 heavy (non-hydrogen) atoms. The average molecular weight is 354 g/mol. The molecule has 3 rings (SSSR count). The molecule has 0 aliphatic heterocycles. The van der Waals surface area contributed by atoms with Crippen LogP contribution in [0.1, 0.15) is 30.0 Å². The number of phenolic OH excluding ortho intramolecular Hbond substituents is 1. The van der Waals surface area contributed by atoms with Crippen LogP contribution in [0.3, 0.4) is 0 Å². The molecule has 1 aromatic carbocycles.